The standard InChI is InChI=1S/C16H30N4O4/c1-15(2,3)24-13(22)17-16(4,5)12(21)19-8-10-20(11-9-19)14(23)18(6)7/h8-11H2,1-7H3,(H,17,22). The Balaban J connectivity index is 2.60. The van der Waals surface area contributed by atoms with Crippen LogP contribution < -0.4 is 5.32 Å². The van der Waals surface area contributed by atoms with Crippen molar-refractivity contribution in [3.63, 3.8) is 0 Å². The van der Waals surface area contributed by atoms with Gasteiger partial charge in [0.2, 0.25) is 5.91 Å². The molecular weight excluding hydrogens is 312 g/mol. The first-order valence-electron chi connectivity index (χ1n) is 8.10. The Hall–Kier alpha value is -1.99. The first-order chi connectivity index (χ1) is 10.8. The van der Waals surface area contributed by atoms with Crippen LogP contribution >= 0.6 is 0 Å². The number of amides is 4. The van der Waals surface area contributed by atoms with Gasteiger partial charge >= 0.3 is 12.1 Å². The van der Waals surface area contributed by atoms with Crippen LogP contribution in [0.5, 0.6) is 0 Å². The molecule has 0 radical (unpaired) electrons. The molecule has 0 aromatic carbocycles. The lowest BCUT2D eigenvalue weighted by atomic mass is 10.0. The van der Waals surface area contributed by atoms with Gasteiger partial charge in [0.1, 0.15) is 11.1 Å². The summed E-state index contributed by atoms with van der Waals surface area (Å²) in [7, 11) is 3.40. The SMILES string of the molecule is CN(C)C(=O)N1CCN(C(=O)C(C)(C)NC(=O)OC(C)(C)C)CC1. The third kappa shape index (κ3) is 5.58. The van der Waals surface area contributed by atoms with E-state index in [4.69, 9.17) is 4.74 Å². The molecule has 1 N–H and O–H groups in total. The van der Waals surface area contributed by atoms with Crippen molar-refractivity contribution in [1.29, 1.82) is 0 Å². The minimum atomic E-state index is -1.07. The number of carbonyl (C=O) groups excluding carboxylic acids is 3. The van der Waals surface area contributed by atoms with Crippen molar-refractivity contribution in [3.05, 3.63) is 0 Å². The first kappa shape index (κ1) is 20.1. The van der Waals surface area contributed by atoms with Crippen molar-refractivity contribution >= 4 is 18.0 Å². The molecule has 1 fully saturated rings. The Bertz CT molecular complexity index is 489. The number of nitrogens with one attached hydrogen (secondary N) is 1. The van der Waals surface area contributed by atoms with Crippen LogP contribution in [-0.4, -0.2) is 84.1 Å². The first-order valence-corrected chi connectivity index (χ1v) is 8.10. The Morgan fingerprint density at radius 2 is 1.38 bits per heavy atom. The maximum atomic E-state index is 12.7. The van der Waals surface area contributed by atoms with Crippen LogP contribution in [0.25, 0.3) is 0 Å². The van der Waals surface area contributed by atoms with E-state index in [-0.39, 0.29) is 11.9 Å². The van der Waals surface area contributed by atoms with Crippen molar-refractivity contribution < 1.29 is 19.1 Å². The fourth-order valence-electron chi connectivity index (χ4n) is 2.39. The number of ether oxygens (including phenoxy) is 1. The molecule has 0 bridgehead atoms. The highest BCUT2D eigenvalue weighted by molar-refractivity contribution is 5.89. The summed E-state index contributed by atoms with van der Waals surface area (Å²) in [6, 6.07) is -0.0618. The lowest BCUT2D eigenvalue weighted by Crippen LogP contribution is -2.61. The van der Waals surface area contributed by atoms with Gasteiger partial charge in [-0.25, -0.2) is 9.59 Å². The van der Waals surface area contributed by atoms with Gasteiger partial charge in [-0.1, -0.05) is 0 Å². The molecule has 0 aliphatic carbocycles. The van der Waals surface area contributed by atoms with Crippen LogP contribution in [0, 0.1) is 0 Å². The number of nitrogens with zero attached hydrogens (tertiary/aromatic N) is 3. The van der Waals surface area contributed by atoms with Crippen molar-refractivity contribution in [2.75, 3.05) is 40.3 Å². The second kappa shape index (κ2) is 7.27. The molecule has 0 spiro atoms. The van der Waals surface area contributed by atoms with Gasteiger partial charge < -0.3 is 24.8 Å². The van der Waals surface area contributed by atoms with Crippen LogP contribution in [0.3, 0.4) is 0 Å². The van der Waals surface area contributed by atoms with Gasteiger partial charge in [-0.3, -0.25) is 4.79 Å². The highest BCUT2D eigenvalue weighted by Crippen LogP contribution is 2.14. The molecule has 1 saturated heterocycles. The van der Waals surface area contributed by atoms with Crippen LogP contribution in [0.4, 0.5) is 9.59 Å². The van der Waals surface area contributed by atoms with Gasteiger partial charge in [-0.15, -0.1) is 0 Å². The van der Waals surface area contributed by atoms with Gasteiger partial charge in [-0.05, 0) is 34.6 Å². The van der Waals surface area contributed by atoms with Crippen LogP contribution in [0.15, 0.2) is 0 Å². The quantitative estimate of drug-likeness (QED) is 0.815. The molecule has 8 heteroatoms. The average Bonchev–Trinajstić information content (AvgIpc) is 2.43. The Labute approximate surface area is 144 Å². The van der Waals surface area contributed by atoms with Crippen LogP contribution in [0.1, 0.15) is 34.6 Å². The van der Waals surface area contributed by atoms with Crippen molar-refractivity contribution in [3.8, 4) is 0 Å². The van der Waals surface area contributed by atoms with Gasteiger partial charge in [0.25, 0.3) is 0 Å². The van der Waals surface area contributed by atoms with E-state index >= 15 is 0 Å². The maximum Gasteiger partial charge on any atom is 0.408 e. The number of piperazine rings is 1. The number of urea groups is 1. The summed E-state index contributed by atoms with van der Waals surface area (Å²) in [6.07, 6.45) is -0.623. The molecule has 138 valence electrons. The van der Waals surface area contributed by atoms with E-state index in [9.17, 15) is 14.4 Å². The fraction of sp³-hybridized carbons (Fsp3) is 0.812. The third-order valence-corrected chi connectivity index (χ3v) is 3.57. The second-order valence-corrected chi connectivity index (χ2v) is 7.71. The van der Waals surface area contributed by atoms with Gasteiger partial charge in [0.05, 0.1) is 0 Å². The lowest BCUT2D eigenvalue weighted by Gasteiger charge is -2.39. The lowest BCUT2D eigenvalue weighted by molar-refractivity contribution is -0.138. The van der Waals surface area contributed by atoms with E-state index in [2.05, 4.69) is 5.32 Å². The predicted octanol–water partition coefficient (Wildman–Crippen LogP) is 1.12. The summed E-state index contributed by atoms with van der Waals surface area (Å²) in [6.45, 7) is 10.4. The summed E-state index contributed by atoms with van der Waals surface area (Å²) >= 11 is 0. The van der Waals surface area contributed by atoms with Crippen molar-refractivity contribution in [2.45, 2.75) is 45.8 Å². The molecule has 0 unspecified atom stereocenters. The minimum absolute atomic E-state index is 0.0618. The van der Waals surface area contributed by atoms with E-state index < -0.39 is 17.2 Å². The average molecular weight is 342 g/mol. The molecule has 8 nitrogen and oxygen atoms in total. The summed E-state index contributed by atoms with van der Waals surface area (Å²) in [4.78, 5) is 41.4. The van der Waals surface area contributed by atoms with E-state index in [0.29, 0.717) is 26.2 Å². The number of rotatable bonds is 2. The smallest absolute Gasteiger partial charge is 0.408 e. The zero-order chi connectivity index (χ0) is 18.7. The molecule has 0 aromatic heterocycles. The molecule has 1 rings (SSSR count). The summed E-state index contributed by atoms with van der Waals surface area (Å²) in [5, 5.41) is 2.62. The normalized spacial score (nSPS) is 15.8. The second-order valence-electron chi connectivity index (χ2n) is 7.71. The van der Waals surface area contributed by atoms with E-state index in [1.54, 1.807) is 58.5 Å². The Kier molecular flexibility index (Phi) is 6.08. The molecular formula is C16H30N4O4. The zero-order valence-electron chi connectivity index (χ0n) is 15.8. The predicted molar refractivity (Wildman–Crippen MR) is 90.7 cm³/mol. The topological polar surface area (TPSA) is 82.2 Å². The van der Waals surface area contributed by atoms with Crippen LogP contribution in [0.2, 0.25) is 0 Å². The summed E-state index contributed by atoms with van der Waals surface area (Å²) in [5.74, 6) is -0.190. The minimum Gasteiger partial charge on any atom is -0.444 e. The van der Waals surface area contributed by atoms with Gasteiger partial charge in [-0.2, -0.15) is 0 Å². The zero-order valence-corrected chi connectivity index (χ0v) is 15.8. The molecule has 1 heterocycles. The van der Waals surface area contributed by atoms with Crippen molar-refractivity contribution in [1.82, 2.24) is 20.0 Å². The van der Waals surface area contributed by atoms with Gasteiger partial charge in [0.15, 0.2) is 0 Å². The summed E-state index contributed by atoms with van der Waals surface area (Å²) < 4.78 is 5.21. The maximum absolute atomic E-state index is 12.7. The molecule has 24 heavy (non-hydrogen) atoms. The fourth-order valence-corrected chi connectivity index (χ4v) is 2.39. The highest BCUT2D eigenvalue weighted by atomic mass is 16.6. The van der Waals surface area contributed by atoms with E-state index in [0.717, 1.165) is 0 Å². The van der Waals surface area contributed by atoms with Crippen LogP contribution in [-0.2, 0) is 9.53 Å². The number of carbonyl (C=O) groups is 3. The number of hydrogen-bond donors (Lipinski definition) is 1. The van der Waals surface area contributed by atoms with Gasteiger partial charge in [0, 0.05) is 40.3 Å². The van der Waals surface area contributed by atoms with Crippen molar-refractivity contribution in [2.24, 2.45) is 0 Å². The van der Waals surface area contributed by atoms with E-state index in [1.807, 2.05) is 0 Å². The number of alkyl carbamates (subject to hydrolysis) is 1. The summed E-state index contributed by atoms with van der Waals surface area (Å²) in [5.41, 5.74) is -1.70. The molecule has 1 aliphatic heterocycles. The molecule has 1 aliphatic rings. The molecule has 0 aromatic rings. The Morgan fingerprint density at radius 3 is 1.79 bits per heavy atom. The molecule has 4 amide bonds. The Morgan fingerprint density at radius 1 is 0.917 bits per heavy atom. The highest BCUT2D eigenvalue weighted by Gasteiger charge is 2.36. The largest absolute Gasteiger partial charge is 0.444 e. The third-order valence-electron chi connectivity index (χ3n) is 3.57. The molecule has 0 saturated carbocycles. The monoisotopic (exact) mass is 342 g/mol. The number of hydrogen-bond acceptors (Lipinski definition) is 4. The van der Waals surface area contributed by atoms with E-state index in [1.165, 1.54) is 4.90 Å². The molecule has 0 atom stereocenters.